The van der Waals surface area contributed by atoms with E-state index in [1.54, 1.807) is 6.07 Å². The molecule has 0 unspecified atom stereocenters. The largest absolute Gasteiger partial charge is 0.323 e. The summed E-state index contributed by atoms with van der Waals surface area (Å²) in [7, 11) is -3.78. The molecule has 2 rings (SSSR count). The zero-order valence-electron chi connectivity index (χ0n) is 10.6. The number of anilines is 2. The number of pyridine rings is 1. The summed E-state index contributed by atoms with van der Waals surface area (Å²) in [6.07, 6.45) is 2.69. The third-order valence-corrected chi connectivity index (χ3v) is 4.65. The van der Waals surface area contributed by atoms with Crippen LogP contribution < -0.4 is 16.0 Å². The second kappa shape index (κ2) is 5.78. The number of hydrogen-bond acceptors (Lipinski definition) is 5. The number of sulfonamides is 1. The van der Waals surface area contributed by atoms with Gasteiger partial charge in [-0.05, 0) is 46.6 Å². The fraction of sp³-hybridized carbons (Fsp3) is 0.0833. The maximum absolute atomic E-state index is 12.4. The Morgan fingerprint density at radius 2 is 2.00 bits per heavy atom. The Labute approximate surface area is 125 Å². The lowest BCUT2D eigenvalue weighted by atomic mass is 10.2. The number of nitrogens with zero attached hydrogens (tertiary/aromatic N) is 1. The van der Waals surface area contributed by atoms with Gasteiger partial charge in [0, 0.05) is 16.9 Å². The van der Waals surface area contributed by atoms with Crippen molar-refractivity contribution in [2.75, 3.05) is 10.1 Å². The van der Waals surface area contributed by atoms with Crippen LogP contribution in [0.4, 0.5) is 11.4 Å². The van der Waals surface area contributed by atoms with Gasteiger partial charge in [-0.2, -0.15) is 0 Å². The Morgan fingerprint density at radius 1 is 1.25 bits per heavy atom. The first-order valence-electron chi connectivity index (χ1n) is 5.63. The summed E-state index contributed by atoms with van der Waals surface area (Å²) in [5.74, 6) is 5.31. The second-order valence-electron chi connectivity index (χ2n) is 4.10. The summed E-state index contributed by atoms with van der Waals surface area (Å²) >= 11 is 3.33. The van der Waals surface area contributed by atoms with E-state index < -0.39 is 10.0 Å². The van der Waals surface area contributed by atoms with E-state index in [0.717, 1.165) is 5.56 Å². The molecule has 0 aliphatic heterocycles. The van der Waals surface area contributed by atoms with E-state index in [0.29, 0.717) is 10.2 Å². The van der Waals surface area contributed by atoms with Gasteiger partial charge in [-0.1, -0.05) is 6.07 Å². The summed E-state index contributed by atoms with van der Waals surface area (Å²) in [6.45, 7) is 1.92. The van der Waals surface area contributed by atoms with Crippen molar-refractivity contribution in [1.82, 2.24) is 4.98 Å². The highest BCUT2D eigenvalue weighted by Crippen LogP contribution is 2.27. The number of nitrogens with two attached hydrogens (primary N) is 1. The SMILES string of the molecule is Cc1ccc(NS(=O)(=O)c2cnccc2NN)c(Br)c1. The molecule has 8 heteroatoms. The van der Waals surface area contributed by atoms with E-state index in [9.17, 15) is 8.42 Å². The lowest BCUT2D eigenvalue weighted by Crippen LogP contribution is -2.18. The number of benzene rings is 1. The molecule has 4 N–H and O–H groups in total. The number of halogens is 1. The standard InChI is InChI=1S/C12H13BrN4O2S/c1-8-2-3-10(9(13)6-8)17-20(18,19)12-7-15-5-4-11(12)16-14/h2-7,17H,14H2,1H3,(H,15,16). The molecule has 1 aromatic heterocycles. The topological polar surface area (TPSA) is 97.1 Å². The Kier molecular flexibility index (Phi) is 4.26. The van der Waals surface area contributed by atoms with E-state index in [1.165, 1.54) is 18.5 Å². The van der Waals surface area contributed by atoms with Crippen LogP contribution in [0.3, 0.4) is 0 Å². The van der Waals surface area contributed by atoms with Crippen molar-refractivity contribution < 1.29 is 8.42 Å². The maximum atomic E-state index is 12.4. The third-order valence-electron chi connectivity index (χ3n) is 2.60. The molecule has 2 aromatic rings. The lowest BCUT2D eigenvalue weighted by molar-refractivity contribution is 0.601. The van der Waals surface area contributed by atoms with Crippen LogP contribution in [0, 0.1) is 6.92 Å². The Morgan fingerprint density at radius 3 is 2.65 bits per heavy atom. The molecule has 0 atom stereocenters. The fourth-order valence-corrected chi connectivity index (χ4v) is 3.53. The fourth-order valence-electron chi connectivity index (χ4n) is 1.62. The molecule has 0 amide bonds. The molecule has 0 fully saturated rings. The van der Waals surface area contributed by atoms with Gasteiger partial charge in [-0.15, -0.1) is 0 Å². The maximum Gasteiger partial charge on any atom is 0.265 e. The van der Waals surface area contributed by atoms with E-state index >= 15 is 0 Å². The lowest BCUT2D eigenvalue weighted by Gasteiger charge is -2.12. The Bertz CT molecular complexity index is 734. The molecule has 0 aliphatic rings. The number of hydrazine groups is 1. The van der Waals surface area contributed by atoms with E-state index in [4.69, 9.17) is 5.84 Å². The highest BCUT2D eigenvalue weighted by atomic mass is 79.9. The van der Waals surface area contributed by atoms with Crippen molar-refractivity contribution in [3.8, 4) is 0 Å². The number of aryl methyl sites for hydroxylation is 1. The number of aromatic nitrogens is 1. The molecule has 0 radical (unpaired) electrons. The monoisotopic (exact) mass is 356 g/mol. The van der Waals surface area contributed by atoms with Crippen molar-refractivity contribution in [2.45, 2.75) is 11.8 Å². The van der Waals surface area contributed by atoms with Crippen LogP contribution in [0.5, 0.6) is 0 Å². The predicted molar refractivity (Wildman–Crippen MR) is 81.7 cm³/mol. The van der Waals surface area contributed by atoms with Gasteiger partial charge < -0.3 is 5.43 Å². The highest BCUT2D eigenvalue weighted by Gasteiger charge is 2.19. The summed E-state index contributed by atoms with van der Waals surface area (Å²) < 4.78 is 27.9. The molecule has 20 heavy (non-hydrogen) atoms. The van der Waals surface area contributed by atoms with Gasteiger partial charge in [0.15, 0.2) is 0 Å². The van der Waals surface area contributed by atoms with Gasteiger partial charge in [0.2, 0.25) is 0 Å². The van der Waals surface area contributed by atoms with Crippen LogP contribution in [0.25, 0.3) is 0 Å². The third kappa shape index (κ3) is 3.09. The summed E-state index contributed by atoms with van der Waals surface area (Å²) in [4.78, 5) is 3.79. The number of hydrogen-bond donors (Lipinski definition) is 3. The number of rotatable bonds is 4. The van der Waals surface area contributed by atoms with Gasteiger partial charge in [0.1, 0.15) is 4.90 Å². The second-order valence-corrected chi connectivity index (χ2v) is 6.61. The zero-order valence-corrected chi connectivity index (χ0v) is 13.0. The normalized spacial score (nSPS) is 11.2. The Balaban J connectivity index is 2.41. The number of nitrogen functional groups attached to an aromatic ring is 1. The first-order valence-corrected chi connectivity index (χ1v) is 7.91. The van der Waals surface area contributed by atoms with Crippen molar-refractivity contribution in [2.24, 2.45) is 5.84 Å². The first kappa shape index (κ1) is 14.8. The smallest absolute Gasteiger partial charge is 0.265 e. The van der Waals surface area contributed by atoms with Crippen molar-refractivity contribution in [1.29, 1.82) is 0 Å². The van der Waals surface area contributed by atoms with Crippen LogP contribution in [-0.4, -0.2) is 13.4 Å². The van der Waals surface area contributed by atoms with Gasteiger partial charge >= 0.3 is 0 Å². The number of nitrogens with one attached hydrogen (secondary N) is 2. The molecule has 0 bridgehead atoms. The van der Waals surface area contributed by atoms with Crippen LogP contribution in [0.2, 0.25) is 0 Å². The van der Waals surface area contributed by atoms with Crippen LogP contribution >= 0.6 is 15.9 Å². The minimum absolute atomic E-state index is 0.0185. The van der Waals surface area contributed by atoms with Gasteiger partial charge in [0.25, 0.3) is 10.0 Å². The van der Waals surface area contributed by atoms with E-state index in [1.807, 2.05) is 19.1 Å². The summed E-state index contributed by atoms with van der Waals surface area (Å²) in [5.41, 5.74) is 4.08. The predicted octanol–water partition coefficient (Wildman–Crippen LogP) is 2.24. The molecule has 0 saturated carbocycles. The Hall–Kier alpha value is -1.64. The molecule has 106 valence electrons. The molecular weight excluding hydrogens is 344 g/mol. The average molecular weight is 357 g/mol. The quantitative estimate of drug-likeness (QED) is 0.576. The molecule has 0 spiro atoms. The van der Waals surface area contributed by atoms with Crippen LogP contribution in [0.1, 0.15) is 5.56 Å². The van der Waals surface area contributed by atoms with Crippen LogP contribution in [-0.2, 0) is 10.0 Å². The van der Waals surface area contributed by atoms with Crippen LogP contribution in [0.15, 0.2) is 46.0 Å². The minimum Gasteiger partial charge on any atom is -0.323 e. The average Bonchev–Trinajstić information content (AvgIpc) is 2.42. The first-order chi connectivity index (χ1) is 9.44. The van der Waals surface area contributed by atoms with Gasteiger partial charge in [-0.25, -0.2) is 8.42 Å². The van der Waals surface area contributed by atoms with E-state index in [2.05, 4.69) is 31.1 Å². The van der Waals surface area contributed by atoms with Gasteiger partial charge in [-0.3, -0.25) is 15.5 Å². The molecule has 1 heterocycles. The highest BCUT2D eigenvalue weighted by molar-refractivity contribution is 9.10. The molecular formula is C12H13BrN4O2S. The van der Waals surface area contributed by atoms with Gasteiger partial charge in [0.05, 0.1) is 11.4 Å². The zero-order chi connectivity index (χ0) is 14.8. The molecule has 0 saturated heterocycles. The van der Waals surface area contributed by atoms with E-state index in [-0.39, 0.29) is 10.6 Å². The molecule has 6 nitrogen and oxygen atoms in total. The molecule has 0 aliphatic carbocycles. The van der Waals surface area contributed by atoms with Crippen molar-refractivity contribution in [3.63, 3.8) is 0 Å². The summed E-state index contributed by atoms with van der Waals surface area (Å²) in [5, 5.41) is 0. The minimum atomic E-state index is -3.78. The molecule has 1 aromatic carbocycles. The summed E-state index contributed by atoms with van der Waals surface area (Å²) in [6, 6.07) is 6.80. The van der Waals surface area contributed by atoms with Crippen molar-refractivity contribution in [3.05, 3.63) is 46.7 Å². The van der Waals surface area contributed by atoms with Crippen molar-refractivity contribution >= 4 is 37.3 Å².